The van der Waals surface area contributed by atoms with Crippen LogP contribution in [-0.2, 0) is 6.42 Å². The van der Waals surface area contributed by atoms with Crippen LogP contribution in [0.5, 0.6) is 0 Å². The van der Waals surface area contributed by atoms with Gasteiger partial charge in [0.15, 0.2) is 0 Å². The summed E-state index contributed by atoms with van der Waals surface area (Å²) in [6, 6.07) is 13.5. The third-order valence-corrected chi connectivity index (χ3v) is 7.77. The summed E-state index contributed by atoms with van der Waals surface area (Å²) in [4.78, 5) is 15.0. The second-order valence-corrected chi connectivity index (χ2v) is 9.80. The molecule has 1 saturated heterocycles. The fourth-order valence-corrected chi connectivity index (χ4v) is 6.15. The molecule has 1 aliphatic heterocycles. The Morgan fingerprint density at radius 2 is 1.93 bits per heavy atom. The summed E-state index contributed by atoms with van der Waals surface area (Å²) < 4.78 is 2.21. The SMILES string of the molecule is Cc1nn(C2CCCCC2)c2sc(C(=O)NN3CCC[C@@H]3Cc3ccccc3)cc12. The lowest BCUT2D eigenvalue weighted by Gasteiger charge is -2.25. The maximum Gasteiger partial charge on any atom is 0.275 e. The summed E-state index contributed by atoms with van der Waals surface area (Å²) in [5, 5.41) is 8.11. The first kappa shape index (κ1) is 19.8. The third-order valence-electron chi connectivity index (χ3n) is 6.65. The maximum absolute atomic E-state index is 13.1. The number of benzene rings is 1. The Balaban J connectivity index is 1.32. The minimum atomic E-state index is 0.0192. The topological polar surface area (TPSA) is 50.2 Å². The average molecular weight is 423 g/mol. The van der Waals surface area contributed by atoms with Crippen molar-refractivity contribution in [3.05, 3.63) is 52.5 Å². The van der Waals surface area contributed by atoms with Gasteiger partial charge in [-0.2, -0.15) is 5.10 Å². The van der Waals surface area contributed by atoms with Gasteiger partial charge in [0.2, 0.25) is 0 Å². The number of nitrogens with zero attached hydrogens (tertiary/aromatic N) is 3. The third kappa shape index (κ3) is 3.91. The Hall–Kier alpha value is -2.18. The number of thiophene rings is 1. The molecule has 1 N–H and O–H groups in total. The van der Waals surface area contributed by atoms with Gasteiger partial charge in [-0.3, -0.25) is 14.9 Å². The number of hydrogen-bond donors (Lipinski definition) is 1. The maximum atomic E-state index is 13.1. The molecule has 1 aliphatic carbocycles. The molecule has 1 atom stereocenters. The Bertz CT molecular complexity index is 1020. The Morgan fingerprint density at radius 1 is 1.13 bits per heavy atom. The van der Waals surface area contributed by atoms with Gasteiger partial charge in [-0.05, 0) is 50.7 Å². The number of carbonyl (C=O) groups excluding carboxylic acids is 1. The summed E-state index contributed by atoms with van der Waals surface area (Å²) in [6.45, 7) is 2.98. The Kier molecular flexibility index (Phi) is 5.61. The van der Waals surface area contributed by atoms with E-state index in [4.69, 9.17) is 5.10 Å². The lowest BCUT2D eigenvalue weighted by molar-refractivity contribution is 0.0768. The fourth-order valence-electron chi connectivity index (χ4n) is 5.02. The Labute approximate surface area is 182 Å². The van der Waals surface area contributed by atoms with Gasteiger partial charge in [-0.25, -0.2) is 5.01 Å². The zero-order chi connectivity index (χ0) is 20.5. The first-order chi connectivity index (χ1) is 14.7. The van der Waals surface area contributed by atoms with Crippen LogP contribution in [0, 0.1) is 6.92 Å². The van der Waals surface area contributed by atoms with Gasteiger partial charge in [-0.15, -0.1) is 11.3 Å². The molecule has 2 aliphatic rings. The normalized spacial score (nSPS) is 20.8. The van der Waals surface area contributed by atoms with Gasteiger partial charge in [0.1, 0.15) is 4.83 Å². The first-order valence-corrected chi connectivity index (χ1v) is 12.1. The van der Waals surface area contributed by atoms with Crippen molar-refractivity contribution < 1.29 is 4.79 Å². The predicted octanol–water partition coefficient (Wildman–Crippen LogP) is 5.26. The zero-order valence-electron chi connectivity index (χ0n) is 17.6. The largest absolute Gasteiger partial charge is 0.284 e. The molecule has 3 aromatic rings. The summed E-state index contributed by atoms with van der Waals surface area (Å²) in [5.41, 5.74) is 5.57. The molecular formula is C24H30N4OS. The molecule has 5 nitrogen and oxygen atoms in total. The smallest absolute Gasteiger partial charge is 0.275 e. The van der Waals surface area contributed by atoms with Crippen LogP contribution in [0.15, 0.2) is 36.4 Å². The van der Waals surface area contributed by atoms with Gasteiger partial charge in [0, 0.05) is 18.0 Å². The van der Waals surface area contributed by atoms with E-state index in [0.717, 1.165) is 46.6 Å². The number of rotatable bonds is 5. The van der Waals surface area contributed by atoms with E-state index in [-0.39, 0.29) is 5.91 Å². The molecule has 1 saturated carbocycles. The standard InChI is InChI=1S/C24H30N4OS/c1-17-21-16-22(30-24(21)28(25-17)19-11-6-3-7-12-19)23(29)26-27-14-8-13-20(27)15-18-9-4-2-5-10-18/h2,4-5,9-10,16,19-20H,3,6-8,11-15H2,1H3,(H,26,29)/t20-/m1/s1. The molecule has 3 heterocycles. The number of fused-ring (bicyclic) bond motifs is 1. The number of amides is 1. The van der Waals surface area contributed by atoms with Crippen LogP contribution >= 0.6 is 11.3 Å². The molecule has 0 bridgehead atoms. The second kappa shape index (κ2) is 8.52. The van der Waals surface area contributed by atoms with E-state index in [0.29, 0.717) is 12.1 Å². The fraction of sp³-hybridized carbons (Fsp3) is 0.500. The van der Waals surface area contributed by atoms with Crippen LogP contribution in [-0.4, -0.2) is 33.3 Å². The van der Waals surface area contributed by atoms with Crippen LogP contribution < -0.4 is 5.43 Å². The molecule has 0 radical (unpaired) electrons. The molecule has 0 unspecified atom stereocenters. The van der Waals surface area contributed by atoms with Crippen molar-refractivity contribution in [2.75, 3.05) is 6.54 Å². The van der Waals surface area contributed by atoms with Crippen molar-refractivity contribution in [1.29, 1.82) is 0 Å². The average Bonchev–Trinajstić information content (AvgIpc) is 3.47. The van der Waals surface area contributed by atoms with E-state index < -0.39 is 0 Å². The van der Waals surface area contributed by atoms with Crippen molar-refractivity contribution in [1.82, 2.24) is 20.2 Å². The highest BCUT2D eigenvalue weighted by Gasteiger charge is 2.28. The van der Waals surface area contributed by atoms with Crippen molar-refractivity contribution in [3.8, 4) is 0 Å². The molecule has 30 heavy (non-hydrogen) atoms. The summed E-state index contributed by atoms with van der Waals surface area (Å²) in [7, 11) is 0. The summed E-state index contributed by atoms with van der Waals surface area (Å²) >= 11 is 1.60. The predicted molar refractivity (Wildman–Crippen MR) is 122 cm³/mol. The Morgan fingerprint density at radius 3 is 2.73 bits per heavy atom. The van der Waals surface area contributed by atoms with Crippen molar-refractivity contribution in [2.45, 2.75) is 70.4 Å². The first-order valence-electron chi connectivity index (χ1n) is 11.3. The second-order valence-electron chi connectivity index (χ2n) is 8.77. The van der Waals surface area contributed by atoms with Gasteiger partial charge in [0.05, 0.1) is 16.6 Å². The van der Waals surface area contributed by atoms with Crippen LogP contribution in [0.25, 0.3) is 10.2 Å². The van der Waals surface area contributed by atoms with Crippen LogP contribution in [0.4, 0.5) is 0 Å². The van der Waals surface area contributed by atoms with Crippen LogP contribution in [0.3, 0.4) is 0 Å². The highest BCUT2D eigenvalue weighted by molar-refractivity contribution is 7.20. The van der Waals surface area contributed by atoms with Crippen molar-refractivity contribution in [2.24, 2.45) is 0 Å². The van der Waals surface area contributed by atoms with E-state index in [2.05, 4.69) is 52.4 Å². The van der Waals surface area contributed by atoms with E-state index in [9.17, 15) is 4.79 Å². The summed E-state index contributed by atoms with van der Waals surface area (Å²) in [5.74, 6) is 0.0192. The molecule has 158 valence electrons. The molecular weight excluding hydrogens is 392 g/mol. The minimum absolute atomic E-state index is 0.0192. The molecule has 2 fully saturated rings. The number of hydrazine groups is 1. The summed E-state index contributed by atoms with van der Waals surface area (Å²) in [6.07, 6.45) is 9.51. The van der Waals surface area contributed by atoms with Gasteiger partial charge >= 0.3 is 0 Å². The number of hydrogen-bond acceptors (Lipinski definition) is 4. The van der Waals surface area contributed by atoms with Crippen LogP contribution in [0.1, 0.15) is 71.9 Å². The quantitative estimate of drug-likeness (QED) is 0.610. The molecule has 5 rings (SSSR count). The number of nitrogens with one attached hydrogen (secondary N) is 1. The molecule has 1 aromatic carbocycles. The highest BCUT2D eigenvalue weighted by atomic mass is 32.1. The highest BCUT2D eigenvalue weighted by Crippen LogP contribution is 2.35. The van der Waals surface area contributed by atoms with E-state index >= 15 is 0 Å². The van der Waals surface area contributed by atoms with Crippen molar-refractivity contribution >= 4 is 27.5 Å². The van der Waals surface area contributed by atoms with Gasteiger partial charge < -0.3 is 0 Å². The minimum Gasteiger partial charge on any atom is -0.284 e. The number of aryl methyl sites for hydroxylation is 1. The molecule has 1 amide bonds. The zero-order valence-corrected chi connectivity index (χ0v) is 18.5. The number of aromatic nitrogens is 2. The van der Waals surface area contributed by atoms with Crippen LogP contribution in [0.2, 0.25) is 0 Å². The monoisotopic (exact) mass is 422 g/mol. The van der Waals surface area contributed by atoms with Gasteiger partial charge in [-0.1, -0.05) is 49.6 Å². The lowest BCUT2D eigenvalue weighted by atomic mass is 9.96. The molecule has 6 heteroatoms. The van der Waals surface area contributed by atoms with Gasteiger partial charge in [0.25, 0.3) is 5.91 Å². The molecule has 2 aromatic heterocycles. The lowest BCUT2D eigenvalue weighted by Crippen LogP contribution is -2.45. The van der Waals surface area contributed by atoms with E-state index in [1.807, 2.05) is 6.07 Å². The number of carbonyl (C=O) groups is 1. The van der Waals surface area contributed by atoms with E-state index in [1.165, 1.54) is 37.7 Å². The van der Waals surface area contributed by atoms with E-state index in [1.54, 1.807) is 11.3 Å². The molecule has 0 spiro atoms. The van der Waals surface area contributed by atoms with Crippen molar-refractivity contribution in [3.63, 3.8) is 0 Å².